The molecule has 1 fully saturated rings. The summed E-state index contributed by atoms with van der Waals surface area (Å²) < 4.78 is 5.42. The van der Waals surface area contributed by atoms with E-state index in [1.165, 1.54) is 5.57 Å². The van der Waals surface area contributed by atoms with Gasteiger partial charge in [0.05, 0.1) is 11.7 Å². The molecule has 0 aromatic heterocycles. The fraction of sp³-hybridized carbons (Fsp3) is 0.667. The second kappa shape index (κ2) is 4.28. The Labute approximate surface area is 86.3 Å². The van der Waals surface area contributed by atoms with Gasteiger partial charge in [0.15, 0.2) is 0 Å². The Hall–Kier alpha value is -0.600. The maximum Gasteiger partial charge on any atom is 0.113 e. The Balaban J connectivity index is 2.32. The molecule has 1 aliphatic heterocycles. The van der Waals surface area contributed by atoms with E-state index in [0.29, 0.717) is 0 Å². The standard InChI is InChI=1S/C12H20O2/c1-5-6-7-9(2)8-10-11(14-10)12(3,4)13/h5,7,10-11,13H,1,6,8H2,2-4H3/b9-7+. The molecule has 1 N–H and O–H groups in total. The Morgan fingerprint density at radius 2 is 2.21 bits per heavy atom. The molecule has 0 spiro atoms. The Kier molecular flexibility index (Phi) is 3.51. The number of ether oxygens (including phenoxy) is 1. The second-order valence-electron chi connectivity index (χ2n) is 4.53. The third kappa shape index (κ3) is 3.28. The smallest absolute Gasteiger partial charge is 0.113 e. The van der Waals surface area contributed by atoms with Crippen LogP contribution < -0.4 is 0 Å². The van der Waals surface area contributed by atoms with Crippen LogP contribution in [0.4, 0.5) is 0 Å². The molecule has 2 unspecified atom stereocenters. The van der Waals surface area contributed by atoms with Crippen molar-refractivity contribution in [1.29, 1.82) is 0 Å². The number of epoxide rings is 1. The molecule has 80 valence electrons. The first-order chi connectivity index (χ1) is 6.45. The van der Waals surface area contributed by atoms with Gasteiger partial charge in [0, 0.05) is 0 Å². The van der Waals surface area contributed by atoms with Crippen LogP contribution in [0.2, 0.25) is 0 Å². The molecule has 1 rings (SSSR count). The summed E-state index contributed by atoms with van der Waals surface area (Å²) in [6.45, 7) is 9.34. The third-order valence-corrected chi connectivity index (χ3v) is 2.43. The van der Waals surface area contributed by atoms with Crippen molar-refractivity contribution in [2.75, 3.05) is 0 Å². The van der Waals surface area contributed by atoms with Gasteiger partial charge >= 0.3 is 0 Å². The van der Waals surface area contributed by atoms with Gasteiger partial charge in [0.25, 0.3) is 0 Å². The first-order valence-corrected chi connectivity index (χ1v) is 5.09. The van der Waals surface area contributed by atoms with Gasteiger partial charge in [0.1, 0.15) is 6.10 Å². The minimum Gasteiger partial charge on any atom is -0.388 e. The zero-order valence-corrected chi connectivity index (χ0v) is 9.29. The minimum atomic E-state index is -0.705. The number of allylic oxidation sites excluding steroid dienone is 2. The van der Waals surface area contributed by atoms with Gasteiger partial charge in [-0.05, 0) is 33.6 Å². The van der Waals surface area contributed by atoms with Crippen LogP contribution in [0.3, 0.4) is 0 Å². The normalized spacial score (nSPS) is 27.6. The van der Waals surface area contributed by atoms with Crippen molar-refractivity contribution < 1.29 is 9.84 Å². The van der Waals surface area contributed by atoms with Gasteiger partial charge in [-0.3, -0.25) is 0 Å². The molecule has 0 bridgehead atoms. The highest BCUT2D eigenvalue weighted by Crippen LogP contribution is 2.36. The van der Waals surface area contributed by atoms with Gasteiger partial charge in [-0.25, -0.2) is 0 Å². The zero-order valence-electron chi connectivity index (χ0n) is 9.29. The highest BCUT2D eigenvalue weighted by atomic mass is 16.6. The molecule has 14 heavy (non-hydrogen) atoms. The average Bonchev–Trinajstić information content (AvgIpc) is 2.79. The summed E-state index contributed by atoms with van der Waals surface area (Å²) in [5, 5.41) is 9.66. The number of hydrogen-bond acceptors (Lipinski definition) is 2. The van der Waals surface area contributed by atoms with Crippen LogP contribution in [0.25, 0.3) is 0 Å². The quantitative estimate of drug-likeness (QED) is 0.541. The van der Waals surface area contributed by atoms with Crippen molar-refractivity contribution in [3.8, 4) is 0 Å². The summed E-state index contributed by atoms with van der Waals surface area (Å²) in [5.41, 5.74) is 0.602. The highest BCUT2D eigenvalue weighted by molar-refractivity contribution is 5.08. The molecule has 0 amide bonds. The van der Waals surface area contributed by atoms with Crippen LogP contribution >= 0.6 is 0 Å². The lowest BCUT2D eigenvalue weighted by atomic mass is 9.99. The van der Waals surface area contributed by atoms with E-state index in [-0.39, 0.29) is 12.2 Å². The molecule has 2 heteroatoms. The van der Waals surface area contributed by atoms with E-state index < -0.39 is 5.60 Å². The molecule has 0 aromatic carbocycles. The summed E-state index contributed by atoms with van der Waals surface area (Å²) >= 11 is 0. The van der Waals surface area contributed by atoms with Crippen LogP contribution in [0, 0.1) is 0 Å². The monoisotopic (exact) mass is 196 g/mol. The highest BCUT2D eigenvalue weighted by Gasteiger charge is 2.48. The van der Waals surface area contributed by atoms with Crippen molar-refractivity contribution >= 4 is 0 Å². The largest absolute Gasteiger partial charge is 0.388 e. The van der Waals surface area contributed by atoms with Crippen LogP contribution in [-0.4, -0.2) is 22.9 Å². The lowest BCUT2D eigenvalue weighted by Crippen LogP contribution is -2.28. The van der Waals surface area contributed by atoms with Gasteiger partial charge in [-0.2, -0.15) is 0 Å². The summed E-state index contributed by atoms with van der Waals surface area (Å²) in [5.74, 6) is 0. The van der Waals surface area contributed by atoms with Crippen molar-refractivity contribution in [1.82, 2.24) is 0 Å². The molecule has 2 atom stereocenters. The lowest BCUT2D eigenvalue weighted by molar-refractivity contribution is 0.0482. The van der Waals surface area contributed by atoms with Crippen LogP contribution in [0.15, 0.2) is 24.3 Å². The summed E-state index contributed by atoms with van der Waals surface area (Å²) in [4.78, 5) is 0. The first-order valence-electron chi connectivity index (χ1n) is 5.09. The summed E-state index contributed by atoms with van der Waals surface area (Å²) in [7, 11) is 0. The molecule has 0 aliphatic carbocycles. The van der Waals surface area contributed by atoms with Crippen molar-refractivity contribution in [3.63, 3.8) is 0 Å². The Morgan fingerprint density at radius 3 is 2.64 bits per heavy atom. The Bertz CT molecular complexity index is 235. The van der Waals surface area contributed by atoms with Crippen molar-refractivity contribution in [3.05, 3.63) is 24.3 Å². The fourth-order valence-electron chi connectivity index (χ4n) is 1.60. The van der Waals surface area contributed by atoms with Gasteiger partial charge in [-0.15, -0.1) is 6.58 Å². The van der Waals surface area contributed by atoms with E-state index in [9.17, 15) is 5.11 Å². The molecule has 1 aliphatic rings. The van der Waals surface area contributed by atoms with Crippen LogP contribution in [0.5, 0.6) is 0 Å². The molecule has 1 saturated heterocycles. The minimum absolute atomic E-state index is 0.00887. The predicted molar refractivity (Wildman–Crippen MR) is 58.1 cm³/mol. The van der Waals surface area contributed by atoms with Crippen molar-refractivity contribution in [2.45, 2.75) is 51.4 Å². The molecule has 0 radical (unpaired) electrons. The van der Waals surface area contributed by atoms with E-state index in [1.54, 1.807) is 13.8 Å². The fourth-order valence-corrected chi connectivity index (χ4v) is 1.60. The van der Waals surface area contributed by atoms with E-state index in [4.69, 9.17) is 4.74 Å². The van der Waals surface area contributed by atoms with Gasteiger partial charge in [0.2, 0.25) is 0 Å². The van der Waals surface area contributed by atoms with E-state index >= 15 is 0 Å². The van der Waals surface area contributed by atoms with Crippen LogP contribution in [-0.2, 0) is 4.74 Å². The number of aliphatic hydroxyl groups is 1. The van der Waals surface area contributed by atoms with Gasteiger partial charge in [-0.1, -0.05) is 17.7 Å². The molecular weight excluding hydrogens is 176 g/mol. The third-order valence-electron chi connectivity index (χ3n) is 2.43. The van der Waals surface area contributed by atoms with E-state index in [1.807, 2.05) is 6.08 Å². The molecule has 0 aromatic rings. The number of hydrogen-bond donors (Lipinski definition) is 1. The zero-order chi connectivity index (χ0) is 10.8. The molecule has 2 nitrogen and oxygen atoms in total. The average molecular weight is 196 g/mol. The maximum atomic E-state index is 9.66. The topological polar surface area (TPSA) is 32.8 Å². The molecular formula is C12H20O2. The number of rotatable bonds is 5. The van der Waals surface area contributed by atoms with Crippen molar-refractivity contribution in [2.24, 2.45) is 0 Å². The summed E-state index contributed by atoms with van der Waals surface area (Å²) in [6.07, 6.45) is 6.07. The second-order valence-corrected chi connectivity index (χ2v) is 4.53. The van der Waals surface area contributed by atoms with E-state index in [2.05, 4.69) is 19.6 Å². The lowest BCUT2D eigenvalue weighted by Gasteiger charge is -2.13. The molecule has 0 saturated carbocycles. The SMILES string of the molecule is C=CC/C=C(\C)CC1OC1C(C)(C)O. The first kappa shape index (κ1) is 11.5. The van der Waals surface area contributed by atoms with Crippen LogP contribution in [0.1, 0.15) is 33.6 Å². The molecule has 1 heterocycles. The Morgan fingerprint density at radius 1 is 1.57 bits per heavy atom. The maximum absolute atomic E-state index is 9.66. The van der Waals surface area contributed by atoms with E-state index in [0.717, 1.165) is 12.8 Å². The predicted octanol–water partition coefficient (Wildman–Crippen LogP) is 2.44. The van der Waals surface area contributed by atoms with Gasteiger partial charge < -0.3 is 9.84 Å². The summed E-state index contributed by atoms with van der Waals surface area (Å²) in [6, 6.07) is 0.